The Bertz CT molecular complexity index is 475. The second-order valence-corrected chi connectivity index (χ2v) is 3.72. The van der Waals surface area contributed by atoms with Crippen LogP contribution in [0.15, 0.2) is 47.1 Å². The highest BCUT2D eigenvalue weighted by Gasteiger charge is 2.06. The van der Waals surface area contributed by atoms with Crippen LogP contribution in [0.4, 0.5) is 5.69 Å². The molecule has 1 aromatic carbocycles. The molecule has 0 unspecified atom stereocenters. The average molecular weight is 230 g/mol. The van der Waals surface area contributed by atoms with Crippen molar-refractivity contribution < 1.29 is 9.21 Å². The van der Waals surface area contributed by atoms with Gasteiger partial charge in [0.25, 0.3) is 5.91 Å². The molecule has 0 radical (unpaired) electrons. The van der Waals surface area contributed by atoms with Gasteiger partial charge in [0.1, 0.15) is 0 Å². The molecule has 0 atom stereocenters. The van der Waals surface area contributed by atoms with Crippen LogP contribution < -0.4 is 11.1 Å². The number of benzene rings is 1. The molecule has 0 bridgehead atoms. The number of rotatable bonds is 4. The van der Waals surface area contributed by atoms with Gasteiger partial charge in [-0.2, -0.15) is 0 Å². The maximum absolute atomic E-state index is 11.5. The lowest BCUT2D eigenvalue weighted by Gasteiger charge is -2.03. The van der Waals surface area contributed by atoms with Crippen molar-refractivity contribution in [1.82, 2.24) is 5.32 Å². The molecule has 1 amide bonds. The fourth-order valence-corrected chi connectivity index (χ4v) is 1.50. The number of amides is 1. The summed E-state index contributed by atoms with van der Waals surface area (Å²) >= 11 is 0. The van der Waals surface area contributed by atoms with Crippen LogP contribution in [-0.2, 0) is 6.42 Å². The molecule has 0 aliphatic carbocycles. The molecule has 4 nitrogen and oxygen atoms in total. The number of carbonyl (C=O) groups is 1. The number of hydrogen-bond donors (Lipinski definition) is 2. The second-order valence-electron chi connectivity index (χ2n) is 3.72. The molecule has 0 saturated carbocycles. The molecule has 3 N–H and O–H groups in total. The second kappa shape index (κ2) is 5.21. The number of nitrogens with one attached hydrogen (secondary N) is 1. The quantitative estimate of drug-likeness (QED) is 0.787. The average Bonchev–Trinajstić information content (AvgIpc) is 2.85. The first-order valence-electron chi connectivity index (χ1n) is 5.42. The van der Waals surface area contributed by atoms with E-state index in [0.717, 1.165) is 17.7 Å². The Morgan fingerprint density at radius 3 is 2.65 bits per heavy atom. The standard InChI is InChI=1S/C13H14N2O2/c14-11-5-3-10(4-6-11)7-8-15-13(16)12-2-1-9-17-12/h1-6,9H,7-8,14H2,(H,15,16). The Balaban J connectivity index is 1.80. The van der Waals surface area contributed by atoms with E-state index in [-0.39, 0.29) is 5.91 Å². The van der Waals surface area contributed by atoms with Gasteiger partial charge in [-0.15, -0.1) is 0 Å². The predicted octanol–water partition coefficient (Wildman–Crippen LogP) is 1.83. The normalized spacial score (nSPS) is 10.1. The van der Waals surface area contributed by atoms with Crippen LogP contribution in [0, 0.1) is 0 Å². The SMILES string of the molecule is Nc1ccc(CCNC(=O)c2ccco2)cc1. The molecule has 1 heterocycles. The summed E-state index contributed by atoms with van der Waals surface area (Å²) in [4.78, 5) is 11.5. The monoisotopic (exact) mass is 230 g/mol. The van der Waals surface area contributed by atoms with Gasteiger partial charge in [-0.1, -0.05) is 12.1 Å². The Morgan fingerprint density at radius 2 is 2.00 bits per heavy atom. The van der Waals surface area contributed by atoms with Gasteiger partial charge in [0.15, 0.2) is 5.76 Å². The first kappa shape index (κ1) is 11.3. The lowest BCUT2D eigenvalue weighted by atomic mass is 10.1. The van der Waals surface area contributed by atoms with Gasteiger partial charge in [0, 0.05) is 12.2 Å². The van der Waals surface area contributed by atoms with Crippen molar-refractivity contribution in [1.29, 1.82) is 0 Å². The third-order valence-corrected chi connectivity index (χ3v) is 2.42. The van der Waals surface area contributed by atoms with Gasteiger partial charge < -0.3 is 15.5 Å². The lowest BCUT2D eigenvalue weighted by Crippen LogP contribution is -2.25. The Morgan fingerprint density at radius 1 is 1.24 bits per heavy atom. The van der Waals surface area contributed by atoms with Gasteiger partial charge in [0.2, 0.25) is 0 Å². The molecule has 1 aromatic heterocycles. The van der Waals surface area contributed by atoms with Crippen LogP contribution >= 0.6 is 0 Å². The molecule has 0 aliphatic rings. The van der Waals surface area contributed by atoms with Crippen LogP contribution in [0.25, 0.3) is 0 Å². The van der Waals surface area contributed by atoms with Crippen LogP contribution in [0.5, 0.6) is 0 Å². The van der Waals surface area contributed by atoms with Gasteiger partial charge in [-0.05, 0) is 36.2 Å². The molecular formula is C13H14N2O2. The summed E-state index contributed by atoms with van der Waals surface area (Å²) in [5.74, 6) is 0.146. The van der Waals surface area contributed by atoms with Crippen molar-refractivity contribution in [3.05, 3.63) is 54.0 Å². The van der Waals surface area contributed by atoms with Crippen molar-refractivity contribution in [3.8, 4) is 0 Å². The predicted molar refractivity (Wildman–Crippen MR) is 65.6 cm³/mol. The highest BCUT2D eigenvalue weighted by molar-refractivity contribution is 5.91. The Kier molecular flexibility index (Phi) is 3.45. The van der Waals surface area contributed by atoms with Crippen molar-refractivity contribution in [3.63, 3.8) is 0 Å². The first-order valence-corrected chi connectivity index (χ1v) is 5.42. The van der Waals surface area contributed by atoms with E-state index < -0.39 is 0 Å². The molecule has 2 aromatic rings. The van der Waals surface area contributed by atoms with Crippen LogP contribution in [0.2, 0.25) is 0 Å². The van der Waals surface area contributed by atoms with E-state index in [1.807, 2.05) is 24.3 Å². The molecule has 2 rings (SSSR count). The Labute approximate surface area is 99.4 Å². The highest BCUT2D eigenvalue weighted by Crippen LogP contribution is 2.05. The van der Waals surface area contributed by atoms with E-state index in [2.05, 4.69) is 5.32 Å². The minimum Gasteiger partial charge on any atom is -0.459 e. The van der Waals surface area contributed by atoms with Crippen LogP contribution in [0.3, 0.4) is 0 Å². The number of anilines is 1. The maximum Gasteiger partial charge on any atom is 0.286 e. The smallest absolute Gasteiger partial charge is 0.286 e. The van der Waals surface area contributed by atoms with Gasteiger partial charge >= 0.3 is 0 Å². The summed E-state index contributed by atoms with van der Waals surface area (Å²) in [5.41, 5.74) is 7.47. The third kappa shape index (κ3) is 3.11. The van der Waals surface area contributed by atoms with Gasteiger partial charge in [-0.3, -0.25) is 4.79 Å². The highest BCUT2D eigenvalue weighted by atomic mass is 16.3. The molecule has 0 saturated heterocycles. The van der Waals surface area contributed by atoms with E-state index >= 15 is 0 Å². The van der Waals surface area contributed by atoms with E-state index in [4.69, 9.17) is 10.2 Å². The van der Waals surface area contributed by atoms with Crippen LogP contribution in [-0.4, -0.2) is 12.5 Å². The number of furan rings is 1. The summed E-state index contributed by atoms with van der Waals surface area (Å²) in [6, 6.07) is 10.9. The van der Waals surface area contributed by atoms with E-state index in [1.54, 1.807) is 12.1 Å². The van der Waals surface area contributed by atoms with Crippen molar-refractivity contribution >= 4 is 11.6 Å². The van der Waals surface area contributed by atoms with Crippen molar-refractivity contribution in [2.24, 2.45) is 0 Å². The van der Waals surface area contributed by atoms with Crippen molar-refractivity contribution in [2.75, 3.05) is 12.3 Å². The third-order valence-electron chi connectivity index (χ3n) is 2.42. The fraction of sp³-hybridized carbons (Fsp3) is 0.154. The van der Waals surface area contributed by atoms with E-state index in [9.17, 15) is 4.79 Å². The maximum atomic E-state index is 11.5. The summed E-state index contributed by atoms with van der Waals surface area (Å²) in [6.45, 7) is 0.573. The molecule has 88 valence electrons. The van der Waals surface area contributed by atoms with Crippen LogP contribution in [0.1, 0.15) is 16.1 Å². The Hall–Kier alpha value is -2.23. The van der Waals surface area contributed by atoms with Crippen molar-refractivity contribution in [2.45, 2.75) is 6.42 Å². The zero-order valence-corrected chi connectivity index (χ0v) is 9.35. The minimum atomic E-state index is -0.189. The van der Waals surface area contributed by atoms with E-state index in [0.29, 0.717) is 12.3 Å². The fourth-order valence-electron chi connectivity index (χ4n) is 1.50. The topological polar surface area (TPSA) is 68.3 Å². The molecular weight excluding hydrogens is 216 g/mol. The molecule has 4 heteroatoms. The number of nitrogens with two attached hydrogens (primary N) is 1. The molecule has 17 heavy (non-hydrogen) atoms. The zero-order valence-electron chi connectivity index (χ0n) is 9.35. The molecule has 0 spiro atoms. The van der Waals surface area contributed by atoms with Gasteiger partial charge in [0.05, 0.1) is 6.26 Å². The summed E-state index contributed by atoms with van der Waals surface area (Å²) in [7, 11) is 0. The number of carbonyl (C=O) groups excluding carboxylic acids is 1. The minimum absolute atomic E-state index is 0.189. The summed E-state index contributed by atoms with van der Waals surface area (Å²) < 4.78 is 4.99. The number of hydrogen-bond acceptors (Lipinski definition) is 3. The lowest BCUT2D eigenvalue weighted by molar-refractivity contribution is 0.0926. The summed E-state index contributed by atoms with van der Waals surface area (Å²) in [5, 5.41) is 2.78. The number of nitrogen functional groups attached to an aromatic ring is 1. The largest absolute Gasteiger partial charge is 0.459 e. The van der Waals surface area contributed by atoms with Gasteiger partial charge in [-0.25, -0.2) is 0 Å². The zero-order chi connectivity index (χ0) is 12.1. The molecule has 0 fully saturated rings. The van der Waals surface area contributed by atoms with E-state index in [1.165, 1.54) is 6.26 Å². The molecule has 0 aliphatic heterocycles. The summed E-state index contributed by atoms with van der Waals surface area (Å²) in [6.07, 6.45) is 2.25. The first-order chi connectivity index (χ1) is 8.25.